The average molecular weight is 395 g/mol. The van der Waals surface area contributed by atoms with Gasteiger partial charge in [-0.1, -0.05) is 22.0 Å². The molecule has 0 unspecified atom stereocenters. The van der Waals surface area contributed by atoms with Gasteiger partial charge in [-0.15, -0.1) is 0 Å². The molecule has 0 fully saturated rings. The number of carbonyl (C=O) groups excluding carboxylic acids is 1. The predicted octanol–water partition coefficient (Wildman–Crippen LogP) is 3.45. The third-order valence-corrected chi connectivity index (χ3v) is 5.57. The summed E-state index contributed by atoms with van der Waals surface area (Å²) in [6.45, 7) is 0. The quantitative estimate of drug-likeness (QED) is 0.836. The van der Waals surface area contributed by atoms with E-state index in [9.17, 15) is 13.2 Å². The minimum atomic E-state index is -3.88. The molecule has 23 heavy (non-hydrogen) atoms. The summed E-state index contributed by atoms with van der Waals surface area (Å²) in [5.41, 5.74) is 2.74. The van der Waals surface area contributed by atoms with Crippen LogP contribution in [-0.2, 0) is 22.9 Å². The largest absolute Gasteiger partial charge is 0.333 e. The number of carbonyl (C=O) groups is 1. The van der Waals surface area contributed by atoms with Crippen molar-refractivity contribution in [1.82, 2.24) is 4.72 Å². The zero-order valence-corrected chi connectivity index (χ0v) is 14.6. The minimum Gasteiger partial charge on any atom is -0.307 e. The van der Waals surface area contributed by atoms with E-state index in [-0.39, 0.29) is 4.90 Å². The van der Waals surface area contributed by atoms with Gasteiger partial charge >= 0.3 is 6.03 Å². The Hall–Kier alpha value is -1.86. The Balaban J connectivity index is 1.73. The summed E-state index contributed by atoms with van der Waals surface area (Å²) in [7, 11) is -3.88. The number of rotatable bonds is 3. The first-order valence-corrected chi connectivity index (χ1v) is 9.43. The van der Waals surface area contributed by atoms with E-state index in [0.29, 0.717) is 5.69 Å². The molecule has 2 amide bonds. The van der Waals surface area contributed by atoms with Crippen LogP contribution in [0.5, 0.6) is 0 Å². The molecule has 0 heterocycles. The molecule has 2 aromatic carbocycles. The number of amides is 2. The van der Waals surface area contributed by atoms with E-state index in [1.54, 1.807) is 36.4 Å². The molecule has 0 spiro atoms. The normalized spacial score (nSPS) is 13.4. The van der Waals surface area contributed by atoms with Gasteiger partial charge in [-0.05, 0) is 66.8 Å². The lowest BCUT2D eigenvalue weighted by molar-refractivity contribution is 0.256. The molecule has 5 nitrogen and oxygen atoms in total. The number of sulfonamides is 1. The molecule has 0 atom stereocenters. The first-order valence-electron chi connectivity index (χ1n) is 7.15. The van der Waals surface area contributed by atoms with E-state index in [2.05, 4.69) is 21.2 Å². The monoisotopic (exact) mass is 394 g/mol. The maximum atomic E-state index is 12.3. The number of fused-ring (bicyclic) bond motifs is 1. The zero-order valence-electron chi connectivity index (χ0n) is 12.2. The summed E-state index contributed by atoms with van der Waals surface area (Å²) in [6, 6.07) is 11.1. The fraction of sp³-hybridized carbons (Fsp3) is 0.188. The maximum absolute atomic E-state index is 12.3. The van der Waals surface area contributed by atoms with Crippen LogP contribution < -0.4 is 10.0 Å². The topological polar surface area (TPSA) is 75.3 Å². The SMILES string of the molecule is O=C(Nc1ccc(Br)cc1)NS(=O)(=O)c1ccc2c(c1)CCC2. The third-order valence-electron chi connectivity index (χ3n) is 3.71. The lowest BCUT2D eigenvalue weighted by atomic mass is 10.1. The standard InChI is InChI=1S/C16H15BrN2O3S/c17-13-5-7-14(8-6-13)18-16(20)19-23(21,22)15-9-4-11-2-1-3-12(11)10-15/h4-10H,1-3H2,(H2,18,19,20). The molecule has 2 N–H and O–H groups in total. The van der Waals surface area contributed by atoms with Gasteiger partial charge in [0.15, 0.2) is 0 Å². The summed E-state index contributed by atoms with van der Waals surface area (Å²) in [4.78, 5) is 12.0. The van der Waals surface area contributed by atoms with E-state index >= 15 is 0 Å². The van der Waals surface area contributed by atoms with Gasteiger partial charge in [0.25, 0.3) is 10.0 Å². The van der Waals surface area contributed by atoms with E-state index in [1.807, 2.05) is 10.8 Å². The van der Waals surface area contributed by atoms with Crippen LogP contribution in [0, 0.1) is 0 Å². The fourth-order valence-electron chi connectivity index (χ4n) is 2.59. The molecule has 0 bridgehead atoms. The maximum Gasteiger partial charge on any atom is 0.333 e. The van der Waals surface area contributed by atoms with Gasteiger partial charge in [-0.3, -0.25) is 0 Å². The summed E-state index contributed by atoms with van der Waals surface area (Å²) < 4.78 is 27.5. The molecule has 1 aliphatic carbocycles. The van der Waals surface area contributed by atoms with E-state index < -0.39 is 16.1 Å². The van der Waals surface area contributed by atoms with Gasteiger partial charge < -0.3 is 5.32 Å². The van der Waals surface area contributed by atoms with Gasteiger partial charge in [-0.2, -0.15) is 0 Å². The van der Waals surface area contributed by atoms with Crippen LogP contribution in [0.3, 0.4) is 0 Å². The van der Waals surface area contributed by atoms with E-state index in [4.69, 9.17) is 0 Å². The van der Waals surface area contributed by atoms with Crippen molar-refractivity contribution >= 4 is 37.7 Å². The highest BCUT2D eigenvalue weighted by Crippen LogP contribution is 2.24. The molecule has 7 heteroatoms. The van der Waals surface area contributed by atoms with Crippen molar-refractivity contribution in [2.45, 2.75) is 24.2 Å². The Labute approximate surface area is 143 Å². The molecule has 3 rings (SSSR count). The van der Waals surface area contributed by atoms with Crippen LogP contribution in [0.15, 0.2) is 51.8 Å². The Kier molecular flexibility index (Phi) is 4.41. The van der Waals surface area contributed by atoms with Crippen LogP contribution in [0.25, 0.3) is 0 Å². The molecule has 0 aromatic heterocycles. The summed E-state index contributed by atoms with van der Waals surface area (Å²) in [5, 5.41) is 2.50. The Morgan fingerprint density at radius 1 is 1.00 bits per heavy atom. The van der Waals surface area contributed by atoms with Crippen molar-refractivity contribution in [3.05, 3.63) is 58.1 Å². The Bertz CT molecular complexity index is 848. The van der Waals surface area contributed by atoms with Crippen LogP contribution in [-0.4, -0.2) is 14.4 Å². The lowest BCUT2D eigenvalue weighted by Gasteiger charge is -2.10. The highest BCUT2D eigenvalue weighted by Gasteiger charge is 2.20. The number of aryl methyl sites for hydroxylation is 2. The third kappa shape index (κ3) is 3.73. The van der Waals surface area contributed by atoms with Crippen LogP contribution in [0.2, 0.25) is 0 Å². The number of nitrogens with one attached hydrogen (secondary N) is 2. The molecule has 0 saturated carbocycles. The Morgan fingerprint density at radius 3 is 2.43 bits per heavy atom. The smallest absolute Gasteiger partial charge is 0.307 e. The number of hydrogen-bond acceptors (Lipinski definition) is 3. The molecule has 2 aromatic rings. The van der Waals surface area contributed by atoms with Crippen LogP contribution in [0.4, 0.5) is 10.5 Å². The number of halogens is 1. The number of anilines is 1. The van der Waals surface area contributed by atoms with Crippen molar-refractivity contribution in [1.29, 1.82) is 0 Å². The van der Waals surface area contributed by atoms with Crippen molar-refractivity contribution in [2.24, 2.45) is 0 Å². The van der Waals surface area contributed by atoms with Crippen molar-refractivity contribution in [3.63, 3.8) is 0 Å². The van der Waals surface area contributed by atoms with E-state index in [1.165, 1.54) is 5.56 Å². The second kappa shape index (κ2) is 6.33. The second-order valence-corrected chi connectivity index (χ2v) is 7.95. The molecule has 0 saturated heterocycles. The Morgan fingerprint density at radius 2 is 1.70 bits per heavy atom. The summed E-state index contributed by atoms with van der Waals surface area (Å²) >= 11 is 3.29. The van der Waals surface area contributed by atoms with Gasteiger partial charge in [0.2, 0.25) is 0 Å². The molecule has 1 aliphatic rings. The molecule has 120 valence electrons. The molecule has 0 aliphatic heterocycles. The second-order valence-electron chi connectivity index (χ2n) is 5.35. The van der Waals surface area contributed by atoms with Crippen molar-refractivity contribution in [2.75, 3.05) is 5.32 Å². The highest BCUT2D eigenvalue weighted by molar-refractivity contribution is 9.10. The van der Waals surface area contributed by atoms with Gasteiger partial charge in [0.1, 0.15) is 0 Å². The number of hydrogen-bond donors (Lipinski definition) is 2. The van der Waals surface area contributed by atoms with Crippen LogP contribution in [0.1, 0.15) is 17.5 Å². The summed E-state index contributed by atoms with van der Waals surface area (Å²) in [6.07, 6.45) is 2.90. The van der Waals surface area contributed by atoms with Crippen molar-refractivity contribution in [3.8, 4) is 0 Å². The van der Waals surface area contributed by atoms with Crippen molar-refractivity contribution < 1.29 is 13.2 Å². The summed E-state index contributed by atoms with van der Waals surface area (Å²) in [5.74, 6) is 0. The van der Waals surface area contributed by atoms with Gasteiger partial charge in [-0.25, -0.2) is 17.9 Å². The molecule has 0 radical (unpaired) electrons. The molecular formula is C16H15BrN2O3S. The van der Waals surface area contributed by atoms with E-state index in [0.717, 1.165) is 29.3 Å². The van der Waals surface area contributed by atoms with Gasteiger partial charge in [0.05, 0.1) is 4.90 Å². The number of urea groups is 1. The first kappa shape index (κ1) is 16.0. The highest BCUT2D eigenvalue weighted by atomic mass is 79.9. The fourth-order valence-corrected chi connectivity index (χ4v) is 3.81. The average Bonchev–Trinajstić information content (AvgIpc) is 2.96. The lowest BCUT2D eigenvalue weighted by Crippen LogP contribution is -2.34. The predicted molar refractivity (Wildman–Crippen MR) is 91.9 cm³/mol. The first-order chi connectivity index (χ1) is 10.9. The number of benzene rings is 2. The minimum absolute atomic E-state index is 0.115. The molecular weight excluding hydrogens is 380 g/mol. The zero-order chi connectivity index (χ0) is 16.4. The van der Waals surface area contributed by atoms with Gasteiger partial charge in [0, 0.05) is 10.2 Å². The van der Waals surface area contributed by atoms with Crippen LogP contribution >= 0.6 is 15.9 Å².